The van der Waals surface area contributed by atoms with Gasteiger partial charge in [0.25, 0.3) is 0 Å². The first kappa shape index (κ1) is 101. The molecule has 0 amide bonds. The van der Waals surface area contributed by atoms with Crippen LogP contribution in [0.25, 0.3) is 44.5 Å². The molecule has 2 aliphatic carbocycles. The Balaban J connectivity index is 0.00000370. The Kier molecular flexibility index (Phi) is 53.7. The molecule has 15 rings (SSSR count). The number of fused-ring (bicyclic) bond motifs is 6. The maximum atomic E-state index is 2.59. The molecule has 0 aromatic heterocycles. The van der Waals surface area contributed by atoms with Crippen molar-refractivity contribution in [2.45, 2.75) is 219 Å². The van der Waals surface area contributed by atoms with E-state index in [1.54, 1.807) is 0 Å². The van der Waals surface area contributed by atoms with Gasteiger partial charge in [-0.05, 0) is 151 Å². The lowest BCUT2D eigenvalue weighted by molar-refractivity contribution is 0.759. The van der Waals surface area contributed by atoms with Crippen LogP contribution in [0.3, 0.4) is 0 Å². The second kappa shape index (κ2) is 59.3. The van der Waals surface area contributed by atoms with E-state index in [-0.39, 0.29) is 0 Å². The number of benzene rings is 13. The lowest BCUT2D eigenvalue weighted by Crippen LogP contribution is -2.30. The summed E-state index contributed by atoms with van der Waals surface area (Å²) in [6, 6.07) is 126. The first-order valence-corrected chi connectivity index (χ1v) is 43.4. The topological polar surface area (TPSA) is 6.48 Å². The fourth-order valence-corrected chi connectivity index (χ4v) is 13.8. The second-order valence-electron chi connectivity index (χ2n) is 21.5. The van der Waals surface area contributed by atoms with E-state index < -0.39 is 10.8 Å². The molecule has 13 aromatic rings. The van der Waals surface area contributed by atoms with E-state index in [0.717, 1.165) is 45.3 Å². The van der Waals surface area contributed by atoms with Gasteiger partial charge in [0, 0.05) is 33.9 Å². The van der Waals surface area contributed by atoms with Crippen LogP contribution in [0.1, 0.15) is 252 Å². The SMILES string of the molecule is CC.CC.CC.CC.CC.CC.CC.CC.CC.CC.CC.CC.CC.CC.CC.c1ccc(-c2ccccc2N(c2ccccc2)c2ccc3c(c2)C(c2ccccc2)(c2ccccc2)c2cc4c(cc2-3)C(c2ccccc2)(c2ccccc2)c2cc(N(c3ccccc3)c3ccccc3-c3ccccc3)ccc2-4)cc1. The number of nitrogens with zero attached hydrogens (tertiary/aromatic N) is 2. The highest BCUT2D eigenvalue weighted by molar-refractivity contribution is 5.98. The highest BCUT2D eigenvalue weighted by atomic mass is 15.2. The predicted molar refractivity (Wildman–Crippen MR) is 512 cm³/mol. The molecule has 0 saturated carbocycles. The van der Waals surface area contributed by atoms with E-state index in [9.17, 15) is 0 Å². The number of hydrogen-bond acceptors (Lipinski definition) is 2. The lowest BCUT2D eigenvalue weighted by atomic mass is 9.66. The van der Waals surface area contributed by atoms with Crippen LogP contribution < -0.4 is 9.80 Å². The summed E-state index contributed by atoms with van der Waals surface area (Å²) < 4.78 is 0. The summed E-state index contributed by atoms with van der Waals surface area (Å²) >= 11 is 0. The summed E-state index contributed by atoms with van der Waals surface area (Å²) in [6.45, 7) is 60.0. The molecular weight excluding hydrogens is 1350 g/mol. The van der Waals surface area contributed by atoms with Crippen LogP contribution in [0.2, 0.25) is 0 Å². The normalized spacial score (nSPS) is 10.4. The molecule has 0 unspecified atom stereocenters. The van der Waals surface area contributed by atoms with Gasteiger partial charge in [0.15, 0.2) is 0 Å². The van der Waals surface area contributed by atoms with Crippen molar-refractivity contribution >= 4 is 34.1 Å². The first-order valence-electron chi connectivity index (χ1n) is 43.4. The fraction of sp³-hybridized carbons (Fsp3) is 0.291. The van der Waals surface area contributed by atoms with Crippen molar-refractivity contribution < 1.29 is 0 Å². The second-order valence-corrected chi connectivity index (χ2v) is 21.5. The van der Waals surface area contributed by atoms with Gasteiger partial charge in [-0.25, -0.2) is 0 Å². The van der Waals surface area contributed by atoms with Gasteiger partial charge in [-0.1, -0.05) is 475 Å². The van der Waals surface area contributed by atoms with Gasteiger partial charge in [-0.2, -0.15) is 0 Å². The number of rotatable bonds is 12. The van der Waals surface area contributed by atoms with Crippen molar-refractivity contribution in [3.05, 3.63) is 384 Å². The third-order valence-corrected chi connectivity index (χ3v) is 17.2. The van der Waals surface area contributed by atoms with Crippen molar-refractivity contribution in [3.8, 4) is 44.5 Å². The molecule has 0 saturated heterocycles. The minimum Gasteiger partial charge on any atom is -0.310 e. The smallest absolute Gasteiger partial charge is 0.0714 e. The number of hydrogen-bond donors (Lipinski definition) is 0. The van der Waals surface area contributed by atoms with Crippen LogP contribution in [0.4, 0.5) is 34.1 Å². The molecule has 2 aliphatic rings. The van der Waals surface area contributed by atoms with Gasteiger partial charge in [-0.15, -0.1) is 0 Å². The van der Waals surface area contributed by atoms with Gasteiger partial charge >= 0.3 is 0 Å². The van der Waals surface area contributed by atoms with Crippen molar-refractivity contribution in [1.29, 1.82) is 0 Å². The quantitative estimate of drug-likeness (QED) is 0.120. The molecule has 112 heavy (non-hydrogen) atoms. The Bertz CT molecular complexity index is 4050. The van der Waals surface area contributed by atoms with Crippen molar-refractivity contribution in [1.82, 2.24) is 0 Å². The van der Waals surface area contributed by atoms with Crippen LogP contribution >= 0.6 is 0 Å². The molecule has 13 aromatic carbocycles. The van der Waals surface area contributed by atoms with Crippen molar-refractivity contribution in [3.63, 3.8) is 0 Å². The summed E-state index contributed by atoms with van der Waals surface area (Å²) in [5, 5.41) is 0. The van der Waals surface area contributed by atoms with Crippen LogP contribution in [0, 0.1) is 0 Å². The lowest BCUT2D eigenvalue weighted by Gasteiger charge is -2.36. The van der Waals surface area contributed by atoms with E-state index in [4.69, 9.17) is 0 Å². The van der Waals surface area contributed by atoms with Gasteiger partial charge in [0.2, 0.25) is 0 Å². The Morgan fingerprint density at radius 2 is 0.348 bits per heavy atom. The largest absolute Gasteiger partial charge is 0.310 e. The van der Waals surface area contributed by atoms with Crippen molar-refractivity contribution in [2.24, 2.45) is 0 Å². The highest BCUT2D eigenvalue weighted by Gasteiger charge is 2.52. The minimum absolute atomic E-state index is 0.713. The molecule has 0 heterocycles. The third-order valence-electron chi connectivity index (χ3n) is 17.2. The molecule has 0 bridgehead atoms. The van der Waals surface area contributed by atoms with Crippen molar-refractivity contribution in [2.75, 3.05) is 9.80 Å². The first-order chi connectivity index (χ1) is 55.7. The molecule has 0 aliphatic heterocycles. The molecule has 2 nitrogen and oxygen atoms in total. The number of para-hydroxylation sites is 4. The van der Waals surface area contributed by atoms with Crippen LogP contribution in [0.5, 0.6) is 0 Å². The third kappa shape index (κ3) is 22.8. The van der Waals surface area contributed by atoms with E-state index in [1.807, 2.05) is 208 Å². The molecular formula is C110H146N2. The Hall–Kier alpha value is -10.5. The van der Waals surface area contributed by atoms with E-state index >= 15 is 0 Å². The summed E-state index contributed by atoms with van der Waals surface area (Å²) in [5.41, 5.74) is 24.6. The molecule has 2 heteroatoms. The van der Waals surface area contributed by atoms with E-state index in [0.29, 0.717) is 0 Å². The average Bonchev–Trinajstić information content (AvgIpc) is 1.51. The van der Waals surface area contributed by atoms with Crippen LogP contribution in [-0.2, 0) is 10.8 Å². The van der Waals surface area contributed by atoms with Gasteiger partial charge in [-0.3, -0.25) is 0 Å². The fourth-order valence-electron chi connectivity index (χ4n) is 13.8. The molecule has 596 valence electrons. The average molecular weight is 1500 g/mol. The monoisotopic (exact) mass is 1500 g/mol. The molecule has 0 fully saturated rings. The summed E-state index contributed by atoms with van der Waals surface area (Å²) in [7, 11) is 0. The zero-order valence-electron chi connectivity index (χ0n) is 75.2. The van der Waals surface area contributed by atoms with Gasteiger partial charge < -0.3 is 9.80 Å². The Morgan fingerprint density at radius 1 is 0.152 bits per heavy atom. The van der Waals surface area contributed by atoms with Crippen LogP contribution in [-0.4, -0.2) is 0 Å². The van der Waals surface area contributed by atoms with E-state index in [2.05, 4.69) is 350 Å². The maximum absolute atomic E-state index is 2.59. The molecule has 0 spiro atoms. The zero-order chi connectivity index (χ0) is 84.5. The van der Waals surface area contributed by atoms with Gasteiger partial charge in [0.1, 0.15) is 0 Å². The van der Waals surface area contributed by atoms with E-state index in [1.165, 1.54) is 77.9 Å². The zero-order valence-corrected chi connectivity index (χ0v) is 75.2. The predicted octanol–water partition coefficient (Wildman–Crippen LogP) is 36.1. The molecule has 0 N–H and O–H groups in total. The standard InChI is InChI=1S/C80H56N2.15C2H6/c1-9-29-57(30-10-1)67-45-25-27-47-77(67)81(63-41-21-7-22-42-63)65-49-51-69-71-55-76-72(56-75(71)79(73(69)53-65,59-33-13-3-14-34-59)60-35-15-4-16-36-60)70-52-50-66(54-74(70)80(76,61-37-17-5-18-38-61)62-39-19-6-20-40-62)82(64-43-23-8-24-44-64)78-48-28-26-46-68(78)58-31-11-2-12-32-58;15*1-2/h1-56H;15*1-2H3. The summed E-state index contributed by atoms with van der Waals surface area (Å²) in [6.07, 6.45) is 0. The minimum atomic E-state index is -0.713. The highest BCUT2D eigenvalue weighted by Crippen LogP contribution is 2.64. The molecule has 0 atom stereocenters. The van der Waals surface area contributed by atoms with Crippen LogP contribution in [0.15, 0.2) is 340 Å². The Morgan fingerprint density at radius 3 is 0.589 bits per heavy atom. The van der Waals surface area contributed by atoms with Gasteiger partial charge in [0.05, 0.1) is 22.2 Å². The number of anilines is 6. The Labute approximate surface area is 686 Å². The maximum Gasteiger partial charge on any atom is 0.0714 e. The summed E-state index contributed by atoms with van der Waals surface area (Å²) in [5.74, 6) is 0. The summed E-state index contributed by atoms with van der Waals surface area (Å²) in [4.78, 5) is 4.90. The molecule has 0 radical (unpaired) electrons.